The first-order valence-electron chi connectivity index (χ1n) is 11.2. The molecule has 0 aromatic carbocycles. The zero-order chi connectivity index (χ0) is 26.9. The lowest BCUT2D eigenvalue weighted by molar-refractivity contribution is -0.978. The molecule has 0 aromatic heterocycles. The number of quaternary nitrogens is 3. The van der Waals surface area contributed by atoms with Crippen LogP contribution < -0.4 is 0 Å². The summed E-state index contributed by atoms with van der Waals surface area (Å²) >= 11 is 0. The molecule has 6 amide bonds. The first kappa shape index (κ1) is 31.7. The topological polar surface area (TPSA) is 166 Å². The minimum atomic E-state index is -1.49. The summed E-state index contributed by atoms with van der Waals surface area (Å²) in [6, 6.07) is 0. The minimum Gasteiger partial charge on any atom is -0.286 e. The van der Waals surface area contributed by atoms with E-state index in [1.54, 1.807) is 0 Å². The van der Waals surface area contributed by atoms with Crippen LogP contribution in [0.15, 0.2) is 0 Å². The second-order valence-corrected chi connectivity index (χ2v) is 8.12. The van der Waals surface area contributed by atoms with Gasteiger partial charge in [-0.05, 0) is 0 Å². The lowest BCUT2D eigenvalue weighted by Crippen LogP contribution is -2.60. The van der Waals surface area contributed by atoms with Crippen molar-refractivity contribution in [3.8, 4) is 0 Å². The fourth-order valence-electron chi connectivity index (χ4n) is 3.35. The molecule has 0 saturated carbocycles. The van der Waals surface area contributed by atoms with Crippen LogP contribution in [0, 0.1) is 0 Å². The number of hydrogen-bond donors (Lipinski definition) is 3. The maximum atomic E-state index is 12.2. The number of hydroxylamine groups is 9. The Morgan fingerprint density at radius 3 is 0.882 bits per heavy atom. The van der Waals surface area contributed by atoms with Crippen LogP contribution in [0.25, 0.3) is 0 Å². The molecule has 3 N–H and O–H groups in total. The highest BCUT2D eigenvalue weighted by atomic mass is 16.6. The number of rotatable bonds is 12. The van der Waals surface area contributed by atoms with Crippen LogP contribution in [0.2, 0.25) is 0 Å². The summed E-state index contributed by atoms with van der Waals surface area (Å²) in [5.74, 6) is -4.70. The van der Waals surface area contributed by atoms with Gasteiger partial charge in [-0.2, -0.15) is 0 Å². The van der Waals surface area contributed by atoms with Gasteiger partial charge < -0.3 is 0 Å². The minimum absolute atomic E-state index is 0.117. The van der Waals surface area contributed by atoms with Gasteiger partial charge in [-0.3, -0.25) is 4.90 Å². The van der Waals surface area contributed by atoms with E-state index in [4.69, 9.17) is 0 Å². The molecule has 0 radical (unpaired) electrons. The van der Waals surface area contributed by atoms with Gasteiger partial charge in [-0.1, -0.05) is 34.7 Å². The van der Waals surface area contributed by atoms with Gasteiger partial charge in [-0.15, -0.1) is 0 Å². The highest BCUT2D eigenvalue weighted by Crippen LogP contribution is 2.13. The summed E-state index contributed by atoms with van der Waals surface area (Å²) in [5.41, 5.74) is 0. The first-order chi connectivity index (χ1) is 15.6. The van der Waals surface area contributed by atoms with Gasteiger partial charge in [0, 0.05) is 0 Å². The molecule has 13 heteroatoms. The molecule has 0 aliphatic rings. The Labute approximate surface area is 199 Å². The van der Waals surface area contributed by atoms with E-state index in [2.05, 4.69) is 0 Å². The van der Waals surface area contributed by atoms with Crippen molar-refractivity contribution in [2.45, 2.75) is 60.8 Å². The molecule has 0 fully saturated rings. The molecule has 0 aliphatic heterocycles. The molecule has 3 unspecified atom stereocenters. The zero-order valence-corrected chi connectivity index (χ0v) is 20.9. The van der Waals surface area contributed by atoms with E-state index in [1.807, 2.05) is 0 Å². The molecule has 13 nitrogen and oxygen atoms in total. The van der Waals surface area contributed by atoms with E-state index in [0.29, 0.717) is 0 Å². The summed E-state index contributed by atoms with van der Waals surface area (Å²) < 4.78 is -4.48. The lowest BCUT2D eigenvalue weighted by atomic mass is 10.3. The van der Waals surface area contributed by atoms with Gasteiger partial charge in [0.15, 0.2) is 0 Å². The van der Waals surface area contributed by atoms with Crippen LogP contribution in [-0.4, -0.2) is 109 Å². The van der Waals surface area contributed by atoms with Crippen LogP contribution in [-0.2, 0) is 28.8 Å². The van der Waals surface area contributed by atoms with Crippen LogP contribution >= 0.6 is 0 Å². The van der Waals surface area contributed by atoms with Gasteiger partial charge in [0.25, 0.3) is 0 Å². The molecule has 0 saturated heterocycles. The SMILES string of the molecule is CCC(=O)[N+](O)(CCN(CC[N+](O)(C(C)=O)C(=O)CC)CC[N+](O)(C(C)=O)C(=O)CC)C(C)=O. The molecule has 0 aromatic rings. The summed E-state index contributed by atoms with van der Waals surface area (Å²) in [6.07, 6.45) is -0.351. The van der Waals surface area contributed by atoms with Crippen LogP contribution in [0.3, 0.4) is 0 Å². The third-order valence-electron chi connectivity index (χ3n) is 5.93. The van der Waals surface area contributed by atoms with Gasteiger partial charge in [0.1, 0.15) is 19.6 Å². The standard InChI is InChI=1S/C21H39N4O9/c1-7-19(29)23(32,16(4)26)13-10-22(11-14-24(33,17(5)27)20(30)8-2)12-15-25(34,18(6)28)21(31)9-3/h32-34H,7-15H2,1-6H3/q+3. The van der Waals surface area contributed by atoms with Gasteiger partial charge in [-0.25, -0.2) is 44.4 Å². The van der Waals surface area contributed by atoms with Crippen LogP contribution in [0.4, 0.5) is 0 Å². The number of carbonyl (C=O) groups is 6. The largest absolute Gasteiger partial charge is 0.352 e. The summed E-state index contributed by atoms with van der Waals surface area (Å²) in [4.78, 5) is 73.9. The number of amides is 6. The van der Waals surface area contributed by atoms with Crippen LogP contribution in [0.5, 0.6) is 0 Å². The average Bonchev–Trinajstić information content (AvgIpc) is 2.80. The Morgan fingerprint density at radius 1 is 0.529 bits per heavy atom. The molecular formula is C21H39N4O9+3. The van der Waals surface area contributed by atoms with E-state index in [-0.39, 0.29) is 38.9 Å². The van der Waals surface area contributed by atoms with Crippen molar-refractivity contribution in [2.24, 2.45) is 0 Å². The Kier molecular flexibility index (Phi) is 12.1. The predicted molar refractivity (Wildman–Crippen MR) is 115 cm³/mol. The molecule has 0 spiro atoms. The number of carbonyl (C=O) groups excluding carboxylic acids is 6. The Morgan fingerprint density at radius 2 is 0.735 bits per heavy atom. The van der Waals surface area contributed by atoms with Crippen molar-refractivity contribution in [2.75, 3.05) is 39.3 Å². The monoisotopic (exact) mass is 491 g/mol. The summed E-state index contributed by atoms with van der Waals surface area (Å²) in [6.45, 7) is 5.93. The number of imide groups is 3. The van der Waals surface area contributed by atoms with Crippen molar-refractivity contribution in [1.29, 1.82) is 0 Å². The van der Waals surface area contributed by atoms with E-state index >= 15 is 0 Å². The van der Waals surface area contributed by atoms with Crippen molar-refractivity contribution in [1.82, 2.24) is 4.90 Å². The van der Waals surface area contributed by atoms with E-state index in [1.165, 1.54) is 25.7 Å². The third kappa shape index (κ3) is 7.37. The summed E-state index contributed by atoms with van der Waals surface area (Å²) in [5, 5.41) is 31.7. The second-order valence-electron chi connectivity index (χ2n) is 8.12. The quantitative estimate of drug-likeness (QED) is 0.197. The van der Waals surface area contributed by atoms with Gasteiger partial charge >= 0.3 is 35.4 Å². The normalized spacial score (nSPS) is 16.8. The first-order valence-corrected chi connectivity index (χ1v) is 11.2. The van der Waals surface area contributed by atoms with E-state index in [9.17, 15) is 44.4 Å². The molecule has 0 bridgehead atoms. The molecule has 0 aliphatic carbocycles. The molecular weight excluding hydrogens is 452 g/mol. The molecule has 3 atom stereocenters. The average molecular weight is 492 g/mol. The molecule has 0 heterocycles. The van der Waals surface area contributed by atoms with E-state index in [0.717, 1.165) is 20.8 Å². The Balaban J connectivity index is 5.92. The highest BCUT2D eigenvalue weighted by molar-refractivity contribution is 5.83. The smallest absolute Gasteiger partial charge is 0.286 e. The fraction of sp³-hybridized carbons (Fsp3) is 0.714. The molecule has 0 rings (SSSR count). The highest BCUT2D eigenvalue weighted by Gasteiger charge is 2.44. The van der Waals surface area contributed by atoms with E-state index < -0.39 is 69.0 Å². The number of nitrogens with zero attached hydrogens (tertiary/aromatic N) is 4. The maximum absolute atomic E-state index is 12.2. The van der Waals surface area contributed by atoms with Gasteiger partial charge in [0.05, 0.1) is 59.7 Å². The second kappa shape index (κ2) is 13.0. The zero-order valence-electron chi connectivity index (χ0n) is 20.9. The third-order valence-corrected chi connectivity index (χ3v) is 5.93. The lowest BCUT2D eigenvalue weighted by Gasteiger charge is -2.31. The number of hydrogen-bond acceptors (Lipinski definition) is 10. The Bertz CT molecular complexity index is 713. The predicted octanol–water partition coefficient (Wildman–Crippen LogP) is 0.356. The van der Waals surface area contributed by atoms with Crippen molar-refractivity contribution >= 4 is 35.4 Å². The van der Waals surface area contributed by atoms with Gasteiger partial charge in [0.2, 0.25) is 0 Å². The van der Waals surface area contributed by atoms with Crippen molar-refractivity contribution in [3.63, 3.8) is 0 Å². The summed E-state index contributed by atoms with van der Waals surface area (Å²) in [7, 11) is 0. The molecule has 194 valence electrons. The van der Waals surface area contributed by atoms with Crippen molar-refractivity contribution < 1.29 is 58.3 Å². The van der Waals surface area contributed by atoms with Crippen molar-refractivity contribution in [3.05, 3.63) is 0 Å². The van der Waals surface area contributed by atoms with Crippen LogP contribution in [0.1, 0.15) is 60.8 Å². The maximum Gasteiger partial charge on any atom is 0.352 e. The Hall–Kier alpha value is -2.26. The fourth-order valence-corrected chi connectivity index (χ4v) is 3.35. The molecule has 34 heavy (non-hydrogen) atoms.